The summed E-state index contributed by atoms with van der Waals surface area (Å²) in [6.07, 6.45) is 0.252. The first-order valence-corrected chi connectivity index (χ1v) is 5.55. The van der Waals surface area contributed by atoms with E-state index in [0.717, 1.165) is 13.1 Å². The van der Waals surface area contributed by atoms with Gasteiger partial charge in [-0.15, -0.1) is 0 Å². The van der Waals surface area contributed by atoms with Crippen LogP contribution in [-0.4, -0.2) is 55.7 Å². The lowest BCUT2D eigenvalue weighted by Crippen LogP contribution is -2.50. The number of hydrogen-bond donors (Lipinski definition) is 0. The van der Waals surface area contributed by atoms with Gasteiger partial charge in [-0.3, -0.25) is 9.69 Å². The second-order valence-electron chi connectivity index (χ2n) is 4.16. The smallest absolute Gasteiger partial charge is 0.149 e. The molecule has 1 aliphatic rings. The topological polar surface area (TPSA) is 38.8 Å². The van der Waals surface area contributed by atoms with Crippen LogP contribution >= 0.6 is 0 Å². The van der Waals surface area contributed by atoms with E-state index in [4.69, 9.17) is 9.47 Å². The molecular weight excluding hydrogens is 194 g/mol. The average molecular weight is 215 g/mol. The molecule has 1 aliphatic heterocycles. The summed E-state index contributed by atoms with van der Waals surface area (Å²) in [4.78, 5) is 13.5. The van der Waals surface area contributed by atoms with E-state index in [1.54, 1.807) is 6.92 Å². The summed E-state index contributed by atoms with van der Waals surface area (Å²) < 4.78 is 10.8. The zero-order valence-corrected chi connectivity index (χ0v) is 9.86. The third-order valence-corrected chi connectivity index (χ3v) is 2.54. The SMILES string of the molecule is CC(=O)[C@H]1COCCN1CCOC(C)C. The molecule has 15 heavy (non-hydrogen) atoms. The molecule has 1 saturated heterocycles. The van der Waals surface area contributed by atoms with Gasteiger partial charge in [-0.05, 0) is 20.8 Å². The van der Waals surface area contributed by atoms with Gasteiger partial charge in [-0.25, -0.2) is 0 Å². The summed E-state index contributed by atoms with van der Waals surface area (Å²) in [7, 11) is 0. The second-order valence-corrected chi connectivity index (χ2v) is 4.16. The molecule has 1 atom stereocenters. The third-order valence-electron chi connectivity index (χ3n) is 2.54. The molecular formula is C11H21NO3. The maximum absolute atomic E-state index is 11.3. The Kier molecular flexibility index (Phi) is 5.22. The molecule has 0 aromatic rings. The summed E-state index contributed by atoms with van der Waals surface area (Å²) >= 11 is 0. The van der Waals surface area contributed by atoms with Crippen molar-refractivity contribution < 1.29 is 14.3 Å². The van der Waals surface area contributed by atoms with Crippen LogP contribution in [-0.2, 0) is 14.3 Å². The first kappa shape index (κ1) is 12.6. The maximum Gasteiger partial charge on any atom is 0.149 e. The van der Waals surface area contributed by atoms with Crippen LogP contribution in [0.2, 0.25) is 0 Å². The van der Waals surface area contributed by atoms with Gasteiger partial charge >= 0.3 is 0 Å². The van der Waals surface area contributed by atoms with E-state index in [2.05, 4.69) is 4.90 Å². The van der Waals surface area contributed by atoms with Gasteiger partial charge < -0.3 is 9.47 Å². The predicted molar refractivity (Wildman–Crippen MR) is 57.9 cm³/mol. The molecule has 0 spiro atoms. The van der Waals surface area contributed by atoms with Crippen molar-refractivity contribution in [3.63, 3.8) is 0 Å². The fourth-order valence-electron chi connectivity index (χ4n) is 1.69. The highest BCUT2D eigenvalue weighted by Gasteiger charge is 2.26. The van der Waals surface area contributed by atoms with Crippen LogP contribution in [0.1, 0.15) is 20.8 Å². The van der Waals surface area contributed by atoms with Crippen molar-refractivity contribution in [2.75, 3.05) is 32.9 Å². The van der Waals surface area contributed by atoms with E-state index < -0.39 is 0 Å². The molecule has 0 amide bonds. The third kappa shape index (κ3) is 4.28. The quantitative estimate of drug-likeness (QED) is 0.677. The number of carbonyl (C=O) groups excluding carboxylic acids is 1. The summed E-state index contributed by atoms with van der Waals surface area (Å²) in [5.74, 6) is 0.180. The lowest BCUT2D eigenvalue weighted by atomic mass is 10.1. The molecule has 4 heteroatoms. The molecule has 88 valence electrons. The molecule has 1 heterocycles. The van der Waals surface area contributed by atoms with E-state index in [1.807, 2.05) is 13.8 Å². The van der Waals surface area contributed by atoms with Gasteiger partial charge in [0.2, 0.25) is 0 Å². The maximum atomic E-state index is 11.3. The van der Waals surface area contributed by atoms with E-state index in [9.17, 15) is 4.79 Å². The van der Waals surface area contributed by atoms with Crippen molar-refractivity contribution in [3.8, 4) is 0 Å². The van der Waals surface area contributed by atoms with Gasteiger partial charge in [0.05, 0.1) is 32.0 Å². The molecule has 0 unspecified atom stereocenters. The van der Waals surface area contributed by atoms with Gasteiger partial charge in [0.25, 0.3) is 0 Å². The van der Waals surface area contributed by atoms with Crippen LogP contribution in [0.25, 0.3) is 0 Å². The Morgan fingerprint density at radius 3 is 2.93 bits per heavy atom. The van der Waals surface area contributed by atoms with E-state index in [1.165, 1.54) is 0 Å². The van der Waals surface area contributed by atoms with Crippen LogP contribution in [0.15, 0.2) is 0 Å². The number of rotatable bonds is 5. The second kappa shape index (κ2) is 6.20. The fraction of sp³-hybridized carbons (Fsp3) is 0.909. The van der Waals surface area contributed by atoms with Gasteiger partial charge in [0.1, 0.15) is 5.78 Å². The molecule has 1 rings (SSSR count). The van der Waals surface area contributed by atoms with E-state index in [0.29, 0.717) is 19.8 Å². The fourth-order valence-corrected chi connectivity index (χ4v) is 1.69. The normalized spacial score (nSPS) is 23.3. The molecule has 0 aliphatic carbocycles. The number of hydrogen-bond acceptors (Lipinski definition) is 4. The zero-order chi connectivity index (χ0) is 11.3. The molecule has 0 bridgehead atoms. The highest BCUT2D eigenvalue weighted by Crippen LogP contribution is 2.07. The number of ether oxygens (including phenoxy) is 2. The molecule has 0 N–H and O–H groups in total. The van der Waals surface area contributed by atoms with Crippen molar-refractivity contribution >= 4 is 5.78 Å². The largest absolute Gasteiger partial charge is 0.378 e. The number of morpholine rings is 1. The summed E-state index contributed by atoms with van der Waals surface area (Å²) in [6, 6.07) is -0.0745. The summed E-state index contributed by atoms with van der Waals surface area (Å²) in [6.45, 7) is 9.21. The van der Waals surface area contributed by atoms with Crippen molar-refractivity contribution in [2.45, 2.75) is 32.9 Å². The lowest BCUT2D eigenvalue weighted by molar-refractivity contribution is -0.128. The van der Waals surface area contributed by atoms with Crippen LogP contribution in [0.4, 0.5) is 0 Å². The van der Waals surface area contributed by atoms with Crippen LogP contribution in [0.3, 0.4) is 0 Å². The molecule has 0 aromatic heterocycles. The average Bonchev–Trinajstić information content (AvgIpc) is 2.17. The predicted octanol–water partition coefficient (Wildman–Crippen LogP) is 0.701. The molecule has 4 nitrogen and oxygen atoms in total. The number of ketones is 1. The summed E-state index contributed by atoms with van der Waals surface area (Å²) in [5.41, 5.74) is 0. The highest BCUT2D eigenvalue weighted by molar-refractivity contribution is 5.81. The minimum atomic E-state index is -0.0745. The van der Waals surface area contributed by atoms with Crippen LogP contribution in [0.5, 0.6) is 0 Å². The van der Waals surface area contributed by atoms with E-state index in [-0.39, 0.29) is 17.9 Å². The first-order chi connectivity index (χ1) is 7.11. The number of carbonyl (C=O) groups is 1. The first-order valence-electron chi connectivity index (χ1n) is 5.55. The van der Waals surface area contributed by atoms with E-state index >= 15 is 0 Å². The molecule has 0 saturated carbocycles. The van der Waals surface area contributed by atoms with Gasteiger partial charge in [-0.2, -0.15) is 0 Å². The summed E-state index contributed by atoms with van der Waals surface area (Å²) in [5, 5.41) is 0. The minimum Gasteiger partial charge on any atom is -0.378 e. The van der Waals surface area contributed by atoms with Crippen molar-refractivity contribution in [1.82, 2.24) is 4.90 Å². The molecule has 1 fully saturated rings. The Labute approximate surface area is 91.5 Å². The Hall–Kier alpha value is -0.450. The standard InChI is InChI=1S/C11H21NO3/c1-9(2)15-7-5-12-4-6-14-8-11(12)10(3)13/h9,11H,4-8H2,1-3H3/t11-/m1/s1. The van der Waals surface area contributed by atoms with Crippen LogP contribution in [0, 0.1) is 0 Å². The Balaban J connectivity index is 2.33. The highest BCUT2D eigenvalue weighted by atomic mass is 16.5. The molecule has 0 radical (unpaired) electrons. The lowest BCUT2D eigenvalue weighted by Gasteiger charge is -2.33. The Morgan fingerprint density at radius 2 is 2.33 bits per heavy atom. The van der Waals surface area contributed by atoms with Crippen molar-refractivity contribution in [2.24, 2.45) is 0 Å². The Morgan fingerprint density at radius 1 is 1.60 bits per heavy atom. The Bertz CT molecular complexity index is 206. The number of nitrogens with zero attached hydrogens (tertiary/aromatic N) is 1. The minimum absolute atomic E-state index is 0.0745. The zero-order valence-electron chi connectivity index (χ0n) is 9.86. The van der Waals surface area contributed by atoms with Crippen molar-refractivity contribution in [1.29, 1.82) is 0 Å². The van der Waals surface area contributed by atoms with Gasteiger partial charge in [0, 0.05) is 13.1 Å². The number of Topliss-reactive ketones (excluding diaryl/α,β-unsaturated/α-hetero) is 1. The van der Waals surface area contributed by atoms with Gasteiger partial charge in [-0.1, -0.05) is 0 Å². The van der Waals surface area contributed by atoms with Crippen molar-refractivity contribution in [3.05, 3.63) is 0 Å². The van der Waals surface area contributed by atoms with Crippen LogP contribution < -0.4 is 0 Å². The van der Waals surface area contributed by atoms with Gasteiger partial charge in [0.15, 0.2) is 0 Å². The molecule has 0 aromatic carbocycles. The monoisotopic (exact) mass is 215 g/mol.